The van der Waals surface area contributed by atoms with Gasteiger partial charge in [-0.05, 0) is 37.5 Å². The number of nitrogens with one attached hydrogen (secondary N) is 1. The van der Waals surface area contributed by atoms with Crippen molar-refractivity contribution in [2.45, 2.75) is 30.6 Å². The SMILES string of the molecule is CS(=O)(=O)C1CCCC1Nc1ccc(C#N)c(C#N)c1. The average molecular weight is 289 g/mol. The van der Waals surface area contributed by atoms with Crippen LogP contribution in [0, 0.1) is 22.7 Å². The number of nitriles is 2. The van der Waals surface area contributed by atoms with Crippen LogP contribution in [0.15, 0.2) is 18.2 Å². The third-order valence-corrected chi connectivity index (χ3v) is 5.28. The van der Waals surface area contributed by atoms with E-state index >= 15 is 0 Å². The minimum atomic E-state index is -3.08. The second-order valence-electron chi connectivity index (χ2n) is 5.03. The van der Waals surface area contributed by atoms with Gasteiger partial charge in [-0.15, -0.1) is 0 Å². The molecule has 0 radical (unpaired) electrons. The summed E-state index contributed by atoms with van der Waals surface area (Å²) in [5.41, 5.74) is 1.30. The van der Waals surface area contributed by atoms with Crippen LogP contribution in [0.2, 0.25) is 0 Å². The number of benzene rings is 1. The smallest absolute Gasteiger partial charge is 0.152 e. The molecule has 0 aromatic heterocycles. The van der Waals surface area contributed by atoms with E-state index in [0.29, 0.717) is 23.2 Å². The number of anilines is 1. The van der Waals surface area contributed by atoms with Crippen molar-refractivity contribution < 1.29 is 8.42 Å². The highest BCUT2D eigenvalue weighted by Gasteiger charge is 2.34. The Labute approximate surface area is 118 Å². The molecule has 1 aliphatic rings. The number of hydrogen-bond donors (Lipinski definition) is 1. The molecule has 20 heavy (non-hydrogen) atoms. The van der Waals surface area contributed by atoms with Gasteiger partial charge in [0.2, 0.25) is 0 Å². The molecule has 2 unspecified atom stereocenters. The van der Waals surface area contributed by atoms with Gasteiger partial charge in [-0.2, -0.15) is 10.5 Å². The lowest BCUT2D eigenvalue weighted by molar-refractivity contribution is 0.579. The summed E-state index contributed by atoms with van der Waals surface area (Å²) in [5.74, 6) is 0. The molecule has 1 fully saturated rings. The van der Waals surface area contributed by atoms with Crippen LogP contribution in [-0.4, -0.2) is 26.0 Å². The molecule has 0 aliphatic heterocycles. The van der Waals surface area contributed by atoms with Gasteiger partial charge in [0.1, 0.15) is 12.1 Å². The number of hydrogen-bond acceptors (Lipinski definition) is 5. The largest absolute Gasteiger partial charge is 0.381 e. The van der Waals surface area contributed by atoms with Crippen molar-refractivity contribution in [2.75, 3.05) is 11.6 Å². The summed E-state index contributed by atoms with van der Waals surface area (Å²) in [6, 6.07) is 8.67. The molecule has 1 aromatic rings. The highest BCUT2D eigenvalue weighted by Crippen LogP contribution is 2.28. The molecule has 1 aliphatic carbocycles. The Balaban J connectivity index is 2.23. The van der Waals surface area contributed by atoms with E-state index in [-0.39, 0.29) is 11.3 Å². The van der Waals surface area contributed by atoms with Gasteiger partial charge in [0, 0.05) is 18.0 Å². The van der Waals surface area contributed by atoms with Crippen molar-refractivity contribution in [3.63, 3.8) is 0 Å². The zero-order chi connectivity index (χ0) is 14.8. The van der Waals surface area contributed by atoms with Crippen LogP contribution in [0.25, 0.3) is 0 Å². The molecular formula is C14H15N3O2S. The van der Waals surface area contributed by atoms with E-state index in [4.69, 9.17) is 10.5 Å². The Morgan fingerprint density at radius 2 is 1.90 bits per heavy atom. The fourth-order valence-electron chi connectivity index (χ4n) is 2.64. The maximum absolute atomic E-state index is 11.7. The molecule has 2 atom stereocenters. The van der Waals surface area contributed by atoms with E-state index in [2.05, 4.69) is 5.32 Å². The van der Waals surface area contributed by atoms with Crippen molar-refractivity contribution in [2.24, 2.45) is 0 Å². The molecule has 0 heterocycles. The first kappa shape index (κ1) is 14.4. The standard InChI is InChI=1S/C14H15N3O2S/c1-20(18,19)14-4-2-3-13(14)17-12-6-5-10(8-15)11(7-12)9-16/h5-7,13-14,17H,2-4H2,1H3. The molecule has 5 nitrogen and oxygen atoms in total. The first-order valence-electron chi connectivity index (χ1n) is 6.35. The van der Waals surface area contributed by atoms with Crippen LogP contribution < -0.4 is 5.32 Å². The van der Waals surface area contributed by atoms with E-state index in [1.165, 1.54) is 6.26 Å². The van der Waals surface area contributed by atoms with Crippen molar-refractivity contribution in [3.05, 3.63) is 29.3 Å². The van der Waals surface area contributed by atoms with E-state index < -0.39 is 9.84 Å². The fraction of sp³-hybridized carbons (Fsp3) is 0.429. The lowest BCUT2D eigenvalue weighted by atomic mass is 10.1. The van der Waals surface area contributed by atoms with Gasteiger partial charge in [-0.1, -0.05) is 0 Å². The summed E-state index contributed by atoms with van der Waals surface area (Å²) < 4.78 is 23.4. The summed E-state index contributed by atoms with van der Waals surface area (Å²) in [7, 11) is -3.08. The molecule has 1 N–H and O–H groups in total. The third-order valence-electron chi connectivity index (χ3n) is 3.62. The summed E-state index contributed by atoms with van der Waals surface area (Å²) in [6.07, 6.45) is 3.59. The van der Waals surface area contributed by atoms with Gasteiger partial charge in [0.15, 0.2) is 9.84 Å². The van der Waals surface area contributed by atoms with Crippen LogP contribution >= 0.6 is 0 Å². The average Bonchev–Trinajstić information content (AvgIpc) is 2.86. The van der Waals surface area contributed by atoms with Gasteiger partial charge in [0.25, 0.3) is 0 Å². The van der Waals surface area contributed by atoms with Gasteiger partial charge in [0.05, 0.1) is 16.4 Å². The molecule has 1 aromatic carbocycles. The molecule has 1 saturated carbocycles. The quantitative estimate of drug-likeness (QED) is 0.915. The molecule has 2 rings (SSSR count). The van der Waals surface area contributed by atoms with Gasteiger partial charge in [-0.3, -0.25) is 0 Å². The maximum atomic E-state index is 11.7. The Morgan fingerprint density at radius 1 is 1.20 bits per heavy atom. The molecule has 0 saturated heterocycles. The molecule has 104 valence electrons. The normalized spacial score (nSPS) is 21.9. The van der Waals surface area contributed by atoms with Crippen molar-refractivity contribution in [1.82, 2.24) is 0 Å². The number of rotatable bonds is 3. The minimum Gasteiger partial charge on any atom is -0.381 e. The first-order chi connectivity index (χ1) is 9.45. The molecular weight excluding hydrogens is 274 g/mol. The number of nitrogens with zero attached hydrogens (tertiary/aromatic N) is 2. The van der Waals surface area contributed by atoms with Gasteiger partial charge in [-0.25, -0.2) is 8.42 Å². The zero-order valence-electron chi connectivity index (χ0n) is 11.1. The highest BCUT2D eigenvalue weighted by molar-refractivity contribution is 7.91. The Hall–Kier alpha value is -2.05. The van der Waals surface area contributed by atoms with E-state index in [1.54, 1.807) is 18.2 Å². The first-order valence-corrected chi connectivity index (χ1v) is 8.31. The predicted octanol–water partition coefficient (Wildman–Crippen LogP) is 1.81. The molecule has 0 bridgehead atoms. The van der Waals surface area contributed by atoms with Crippen LogP contribution in [0.3, 0.4) is 0 Å². The Bertz CT molecular complexity index is 698. The van der Waals surface area contributed by atoms with Crippen LogP contribution in [0.5, 0.6) is 0 Å². The summed E-state index contributed by atoms with van der Waals surface area (Å²) in [6.45, 7) is 0. The van der Waals surface area contributed by atoms with Gasteiger partial charge < -0.3 is 5.32 Å². The lowest BCUT2D eigenvalue weighted by Gasteiger charge is -2.20. The van der Waals surface area contributed by atoms with E-state index in [9.17, 15) is 8.42 Å². The van der Waals surface area contributed by atoms with E-state index in [0.717, 1.165) is 12.8 Å². The monoisotopic (exact) mass is 289 g/mol. The van der Waals surface area contributed by atoms with Crippen molar-refractivity contribution >= 4 is 15.5 Å². The second kappa shape index (κ2) is 5.52. The van der Waals surface area contributed by atoms with Crippen LogP contribution in [0.4, 0.5) is 5.69 Å². The zero-order valence-corrected chi connectivity index (χ0v) is 11.9. The summed E-state index contributed by atoms with van der Waals surface area (Å²) >= 11 is 0. The Morgan fingerprint density at radius 3 is 2.50 bits per heavy atom. The topological polar surface area (TPSA) is 93.8 Å². The van der Waals surface area contributed by atoms with E-state index in [1.807, 2.05) is 12.1 Å². The van der Waals surface area contributed by atoms with Crippen LogP contribution in [0.1, 0.15) is 30.4 Å². The molecule has 6 heteroatoms. The van der Waals surface area contributed by atoms with Crippen molar-refractivity contribution in [1.29, 1.82) is 10.5 Å². The Kier molecular flexibility index (Phi) is 3.96. The maximum Gasteiger partial charge on any atom is 0.152 e. The highest BCUT2D eigenvalue weighted by atomic mass is 32.2. The summed E-state index contributed by atoms with van der Waals surface area (Å²) in [4.78, 5) is 0. The minimum absolute atomic E-state index is 0.135. The molecule has 0 spiro atoms. The number of sulfone groups is 1. The lowest BCUT2D eigenvalue weighted by Crippen LogP contribution is -2.34. The van der Waals surface area contributed by atoms with Crippen LogP contribution in [-0.2, 0) is 9.84 Å². The third kappa shape index (κ3) is 2.92. The second-order valence-corrected chi connectivity index (χ2v) is 7.30. The predicted molar refractivity (Wildman–Crippen MR) is 75.8 cm³/mol. The summed E-state index contributed by atoms with van der Waals surface area (Å²) in [5, 5.41) is 20.7. The van der Waals surface area contributed by atoms with Gasteiger partial charge >= 0.3 is 0 Å². The fourth-order valence-corrected chi connectivity index (χ4v) is 4.04. The van der Waals surface area contributed by atoms with Crippen molar-refractivity contribution in [3.8, 4) is 12.1 Å². The molecule has 0 amide bonds.